The third-order valence-electron chi connectivity index (χ3n) is 2.95. The highest BCUT2D eigenvalue weighted by atomic mass is 35.5. The molecule has 0 fully saturated rings. The van der Waals surface area contributed by atoms with Crippen LogP contribution in [0.5, 0.6) is 0 Å². The molecule has 1 N–H and O–H groups in total. The Kier molecular flexibility index (Phi) is 5.40. The van der Waals surface area contributed by atoms with Gasteiger partial charge in [0.15, 0.2) is 5.82 Å². The topological polar surface area (TPSA) is 51.0 Å². The van der Waals surface area contributed by atoms with Gasteiger partial charge < -0.3 is 9.84 Å². The monoisotopic (exact) mass is 313 g/mol. The summed E-state index contributed by atoms with van der Waals surface area (Å²) in [7, 11) is 0. The number of hydrogen-bond donors (Lipinski definition) is 1. The maximum Gasteiger partial charge on any atom is 0.243 e. The molecule has 1 heterocycles. The van der Waals surface area contributed by atoms with Crippen LogP contribution in [0.3, 0.4) is 0 Å². The molecule has 2 aromatic rings. The van der Waals surface area contributed by atoms with Crippen LogP contribution in [0.1, 0.15) is 43.6 Å². The Labute approximate surface area is 128 Å². The average Bonchev–Trinajstić information content (AvgIpc) is 2.89. The van der Waals surface area contributed by atoms with E-state index in [-0.39, 0.29) is 6.04 Å². The minimum atomic E-state index is 0.0397. The van der Waals surface area contributed by atoms with Crippen LogP contribution in [0, 0.1) is 0 Å². The summed E-state index contributed by atoms with van der Waals surface area (Å²) in [5.74, 6) is 1.16. The minimum Gasteiger partial charge on any atom is -0.338 e. The lowest BCUT2D eigenvalue weighted by atomic mass is 10.1. The molecule has 1 aromatic heterocycles. The molecule has 0 saturated carbocycles. The van der Waals surface area contributed by atoms with E-state index in [2.05, 4.69) is 22.4 Å². The summed E-state index contributed by atoms with van der Waals surface area (Å²) in [5, 5.41) is 8.50. The van der Waals surface area contributed by atoms with Crippen molar-refractivity contribution >= 4 is 23.2 Å². The Morgan fingerprint density at radius 3 is 2.65 bits per heavy atom. The van der Waals surface area contributed by atoms with E-state index >= 15 is 0 Å². The first kappa shape index (κ1) is 15.3. The van der Waals surface area contributed by atoms with Gasteiger partial charge in [0.1, 0.15) is 0 Å². The van der Waals surface area contributed by atoms with Gasteiger partial charge in [0.05, 0.1) is 6.04 Å². The third kappa shape index (κ3) is 3.72. The molecule has 20 heavy (non-hydrogen) atoms. The molecule has 6 heteroatoms. The molecule has 0 aliphatic carbocycles. The fourth-order valence-corrected chi connectivity index (χ4v) is 2.35. The number of aromatic nitrogens is 2. The number of nitrogens with zero attached hydrogens (tertiary/aromatic N) is 2. The van der Waals surface area contributed by atoms with Crippen LogP contribution in [-0.4, -0.2) is 16.7 Å². The van der Waals surface area contributed by atoms with E-state index in [1.54, 1.807) is 12.1 Å². The lowest BCUT2D eigenvalue weighted by Gasteiger charge is -2.07. The second-order valence-corrected chi connectivity index (χ2v) is 5.42. The van der Waals surface area contributed by atoms with Gasteiger partial charge in [0.2, 0.25) is 5.89 Å². The Bertz CT molecular complexity index is 551. The highest BCUT2D eigenvalue weighted by Gasteiger charge is 2.15. The minimum absolute atomic E-state index is 0.0397. The molecule has 0 aliphatic heterocycles. The lowest BCUT2D eigenvalue weighted by Crippen LogP contribution is -2.19. The number of hydrogen-bond acceptors (Lipinski definition) is 4. The number of benzene rings is 1. The summed E-state index contributed by atoms with van der Waals surface area (Å²) in [6.07, 6.45) is 1.52. The molecule has 2 rings (SSSR count). The largest absolute Gasteiger partial charge is 0.338 e. The van der Waals surface area contributed by atoms with E-state index in [0.29, 0.717) is 28.2 Å². The highest BCUT2D eigenvalue weighted by Crippen LogP contribution is 2.26. The summed E-state index contributed by atoms with van der Waals surface area (Å²) in [4.78, 5) is 4.38. The second kappa shape index (κ2) is 7.07. The van der Waals surface area contributed by atoms with Gasteiger partial charge in [0, 0.05) is 16.5 Å². The van der Waals surface area contributed by atoms with Gasteiger partial charge in [-0.3, -0.25) is 0 Å². The zero-order chi connectivity index (χ0) is 14.5. The molecular formula is C14H17Cl2N3O. The van der Waals surface area contributed by atoms with Gasteiger partial charge in [-0.25, -0.2) is 0 Å². The Morgan fingerprint density at radius 2 is 2.00 bits per heavy atom. The summed E-state index contributed by atoms with van der Waals surface area (Å²) in [6, 6.07) is 5.45. The van der Waals surface area contributed by atoms with Crippen molar-refractivity contribution in [2.45, 2.75) is 32.7 Å². The molecule has 0 bridgehead atoms. The van der Waals surface area contributed by atoms with Crippen molar-refractivity contribution in [2.24, 2.45) is 0 Å². The Balaban J connectivity index is 2.10. The van der Waals surface area contributed by atoms with Crippen LogP contribution >= 0.6 is 23.2 Å². The van der Waals surface area contributed by atoms with E-state index in [9.17, 15) is 0 Å². The van der Waals surface area contributed by atoms with Gasteiger partial charge in [-0.15, -0.1) is 0 Å². The van der Waals surface area contributed by atoms with Crippen molar-refractivity contribution < 1.29 is 4.52 Å². The van der Waals surface area contributed by atoms with Gasteiger partial charge >= 0.3 is 0 Å². The maximum atomic E-state index is 6.13. The van der Waals surface area contributed by atoms with Crippen LogP contribution in [0.25, 0.3) is 0 Å². The average molecular weight is 314 g/mol. The Morgan fingerprint density at radius 1 is 1.30 bits per heavy atom. The van der Waals surface area contributed by atoms with Crippen molar-refractivity contribution in [3.63, 3.8) is 0 Å². The normalized spacial score (nSPS) is 12.6. The van der Waals surface area contributed by atoms with E-state index < -0.39 is 0 Å². The summed E-state index contributed by atoms with van der Waals surface area (Å²) in [5.41, 5.74) is 0.817. The first-order valence-corrected chi connectivity index (χ1v) is 7.36. The van der Waals surface area contributed by atoms with Crippen LogP contribution < -0.4 is 5.32 Å². The predicted octanol–water partition coefficient (Wildman–Crippen LogP) is 4.03. The second-order valence-electron chi connectivity index (χ2n) is 4.60. The smallest absolute Gasteiger partial charge is 0.243 e. The first-order chi connectivity index (χ1) is 9.61. The molecule has 1 atom stereocenters. The summed E-state index contributed by atoms with van der Waals surface area (Å²) in [6.45, 7) is 5.02. The van der Waals surface area contributed by atoms with Gasteiger partial charge in [-0.1, -0.05) is 41.3 Å². The molecule has 1 aromatic carbocycles. The van der Waals surface area contributed by atoms with Crippen LogP contribution in [0.4, 0.5) is 0 Å². The van der Waals surface area contributed by atoms with E-state index in [1.807, 2.05) is 13.0 Å². The van der Waals surface area contributed by atoms with Gasteiger partial charge in [-0.05, 0) is 37.6 Å². The number of halogens is 2. The van der Waals surface area contributed by atoms with Crippen LogP contribution in [0.15, 0.2) is 22.7 Å². The van der Waals surface area contributed by atoms with Crippen molar-refractivity contribution in [3.05, 3.63) is 45.5 Å². The number of nitrogens with one attached hydrogen (secondary N) is 1. The van der Waals surface area contributed by atoms with Crippen molar-refractivity contribution in [1.82, 2.24) is 15.5 Å². The molecule has 1 unspecified atom stereocenters. The molecule has 0 spiro atoms. The summed E-state index contributed by atoms with van der Waals surface area (Å²) >= 11 is 12.3. The maximum absolute atomic E-state index is 6.13. The fraction of sp³-hybridized carbons (Fsp3) is 0.429. The molecule has 4 nitrogen and oxygen atoms in total. The van der Waals surface area contributed by atoms with E-state index in [1.165, 1.54) is 0 Å². The molecule has 0 saturated heterocycles. The van der Waals surface area contributed by atoms with Gasteiger partial charge in [-0.2, -0.15) is 4.98 Å². The standard InChI is InChI=1S/C14H17Cl2N3O/c1-3-7-17-9(2)14-18-13(19-20-14)8-10-11(15)5-4-6-12(10)16/h4-6,9,17H,3,7-8H2,1-2H3. The van der Waals surface area contributed by atoms with Gasteiger partial charge in [0.25, 0.3) is 0 Å². The first-order valence-electron chi connectivity index (χ1n) is 6.60. The van der Waals surface area contributed by atoms with E-state index in [4.69, 9.17) is 27.7 Å². The zero-order valence-electron chi connectivity index (χ0n) is 11.5. The quantitative estimate of drug-likeness (QED) is 0.874. The molecule has 0 radical (unpaired) electrons. The van der Waals surface area contributed by atoms with Crippen molar-refractivity contribution in [1.29, 1.82) is 0 Å². The van der Waals surface area contributed by atoms with Crippen LogP contribution in [-0.2, 0) is 6.42 Å². The fourth-order valence-electron chi connectivity index (χ4n) is 1.82. The zero-order valence-corrected chi connectivity index (χ0v) is 13.0. The third-order valence-corrected chi connectivity index (χ3v) is 3.66. The lowest BCUT2D eigenvalue weighted by molar-refractivity contribution is 0.337. The molecule has 108 valence electrons. The SMILES string of the molecule is CCCNC(C)c1nc(Cc2c(Cl)cccc2Cl)no1. The predicted molar refractivity (Wildman–Crippen MR) is 80.3 cm³/mol. The Hall–Kier alpha value is -1.10. The highest BCUT2D eigenvalue weighted by molar-refractivity contribution is 6.36. The van der Waals surface area contributed by atoms with Crippen LogP contribution in [0.2, 0.25) is 10.0 Å². The molecule has 0 aliphatic rings. The molecular weight excluding hydrogens is 297 g/mol. The van der Waals surface area contributed by atoms with Crippen molar-refractivity contribution in [3.8, 4) is 0 Å². The van der Waals surface area contributed by atoms with Crippen molar-refractivity contribution in [2.75, 3.05) is 6.54 Å². The number of rotatable bonds is 6. The molecule has 0 amide bonds. The van der Waals surface area contributed by atoms with E-state index in [0.717, 1.165) is 18.5 Å². The summed E-state index contributed by atoms with van der Waals surface area (Å²) < 4.78 is 5.27.